The third-order valence-corrected chi connectivity index (χ3v) is 5.32. The Labute approximate surface area is 172 Å². The van der Waals surface area contributed by atoms with Crippen LogP contribution < -0.4 is 4.90 Å². The summed E-state index contributed by atoms with van der Waals surface area (Å²) in [6.45, 7) is 9.66. The maximum Gasteiger partial charge on any atom is 0.195 e. The maximum atomic E-state index is 11.4. The number of nitrogens with zero attached hydrogens (tertiary/aromatic N) is 4. The molecule has 2 aromatic heterocycles. The molecule has 1 aromatic carbocycles. The van der Waals surface area contributed by atoms with Crippen LogP contribution in [0.15, 0.2) is 42.6 Å². The Morgan fingerprint density at radius 1 is 1.11 bits per heavy atom. The standard InChI is InChI=1S/C12H14N4OS.C8H10.C2H6/c1-8(17)9-3-6-16(7-4-9)10-2-5-13-12-11(10)14-18-15-12;1-2-8-6-4-3-5-7-8;1-2/h2,5,9H,3-4,6-7H2,1H3;3-7H,2H2,1H3;1-2H3. The molecule has 0 saturated carbocycles. The van der Waals surface area contributed by atoms with Crippen LogP contribution in [0.5, 0.6) is 0 Å². The number of pyridine rings is 1. The fourth-order valence-corrected chi connectivity index (χ4v) is 3.69. The van der Waals surface area contributed by atoms with E-state index < -0.39 is 0 Å². The van der Waals surface area contributed by atoms with E-state index >= 15 is 0 Å². The van der Waals surface area contributed by atoms with Crippen LogP contribution in [-0.2, 0) is 11.2 Å². The molecule has 28 heavy (non-hydrogen) atoms. The minimum absolute atomic E-state index is 0.229. The number of Topliss-reactive ketones (excluding diaryl/α,β-unsaturated/α-hetero) is 1. The molecule has 1 aliphatic heterocycles. The highest BCUT2D eigenvalue weighted by Crippen LogP contribution is 2.28. The fraction of sp³-hybridized carbons (Fsp3) is 0.455. The summed E-state index contributed by atoms with van der Waals surface area (Å²) in [5.74, 6) is 0.539. The lowest BCUT2D eigenvalue weighted by atomic mass is 9.93. The number of aromatic nitrogens is 3. The quantitative estimate of drug-likeness (QED) is 0.609. The van der Waals surface area contributed by atoms with E-state index in [9.17, 15) is 4.79 Å². The Hall–Kier alpha value is -2.34. The zero-order chi connectivity index (χ0) is 20.4. The first-order valence-corrected chi connectivity index (χ1v) is 10.8. The van der Waals surface area contributed by atoms with Gasteiger partial charge in [0.25, 0.3) is 0 Å². The maximum absolute atomic E-state index is 11.4. The topological polar surface area (TPSA) is 59.0 Å². The smallest absolute Gasteiger partial charge is 0.195 e. The minimum Gasteiger partial charge on any atom is -0.370 e. The van der Waals surface area contributed by atoms with Gasteiger partial charge in [-0.15, -0.1) is 0 Å². The largest absolute Gasteiger partial charge is 0.370 e. The van der Waals surface area contributed by atoms with Gasteiger partial charge >= 0.3 is 0 Å². The lowest BCUT2D eigenvalue weighted by molar-refractivity contribution is -0.121. The molecule has 0 aliphatic carbocycles. The molecule has 0 atom stereocenters. The van der Waals surface area contributed by atoms with E-state index in [1.807, 2.05) is 26.0 Å². The number of carbonyl (C=O) groups is 1. The van der Waals surface area contributed by atoms with E-state index in [0.29, 0.717) is 11.4 Å². The number of carbonyl (C=O) groups excluding carboxylic acids is 1. The first-order valence-electron chi connectivity index (χ1n) is 10.1. The highest BCUT2D eigenvalue weighted by Gasteiger charge is 2.24. The SMILES string of the molecule is CC.CC(=O)C1CCN(c2ccnc3nsnc23)CC1.CCc1ccccc1. The van der Waals surface area contributed by atoms with Crippen molar-refractivity contribution >= 4 is 34.4 Å². The molecule has 0 radical (unpaired) electrons. The Balaban J connectivity index is 0.000000236. The van der Waals surface area contributed by atoms with Gasteiger partial charge in [-0.05, 0) is 37.8 Å². The van der Waals surface area contributed by atoms with Crippen LogP contribution >= 0.6 is 11.7 Å². The van der Waals surface area contributed by atoms with Crippen LogP contribution in [0, 0.1) is 5.92 Å². The molecule has 4 rings (SSSR count). The van der Waals surface area contributed by atoms with Crippen LogP contribution in [0.1, 0.15) is 46.1 Å². The summed E-state index contributed by atoms with van der Waals surface area (Å²) < 4.78 is 8.46. The van der Waals surface area contributed by atoms with Gasteiger partial charge in [-0.1, -0.05) is 51.1 Å². The number of anilines is 1. The molecule has 150 valence electrons. The molecule has 0 unspecified atom stereocenters. The average molecular weight is 399 g/mol. The van der Waals surface area contributed by atoms with Gasteiger partial charge in [0.15, 0.2) is 5.65 Å². The Morgan fingerprint density at radius 2 is 1.79 bits per heavy atom. The van der Waals surface area contributed by atoms with Crippen molar-refractivity contribution in [3.8, 4) is 0 Å². The molecule has 1 saturated heterocycles. The van der Waals surface area contributed by atoms with Gasteiger partial charge in [-0.2, -0.15) is 8.75 Å². The van der Waals surface area contributed by atoms with Crippen LogP contribution in [0.25, 0.3) is 11.2 Å². The Bertz CT molecular complexity index is 842. The van der Waals surface area contributed by atoms with E-state index in [-0.39, 0.29) is 5.92 Å². The molecule has 3 aromatic rings. The molecular weight excluding hydrogens is 368 g/mol. The zero-order valence-corrected chi connectivity index (χ0v) is 18.1. The second-order valence-corrected chi connectivity index (χ2v) is 7.01. The normalized spacial score (nSPS) is 13.9. The van der Waals surface area contributed by atoms with Gasteiger partial charge in [0.05, 0.1) is 17.4 Å². The highest BCUT2D eigenvalue weighted by molar-refractivity contribution is 7.00. The number of piperidine rings is 1. The number of hydrogen-bond acceptors (Lipinski definition) is 6. The van der Waals surface area contributed by atoms with Gasteiger partial charge < -0.3 is 4.90 Å². The number of hydrogen-bond donors (Lipinski definition) is 0. The van der Waals surface area contributed by atoms with E-state index in [2.05, 4.69) is 49.8 Å². The third kappa shape index (κ3) is 5.83. The fourth-order valence-electron chi connectivity index (χ4n) is 3.18. The number of fused-ring (bicyclic) bond motifs is 1. The molecular formula is C22H30N4OS. The lowest BCUT2D eigenvalue weighted by Crippen LogP contribution is -2.35. The molecule has 5 nitrogen and oxygen atoms in total. The minimum atomic E-state index is 0.229. The van der Waals surface area contributed by atoms with Crippen LogP contribution in [0.3, 0.4) is 0 Å². The van der Waals surface area contributed by atoms with E-state index in [4.69, 9.17) is 0 Å². The zero-order valence-electron chi connectivity index (χ0n) is 17.3. The Morgan fingerprint density at radius 3 is 2.36 bits per heavy atom. The summed E-state index contributed by atoms with van der Waals surface area (Å²) in [5.41, 5.74) is 4.10. The van der Waals surface area contributed by atoms with Crippen molar-refractivity contribution in [2.75, 3.05) is 18.0 Å². The summed E-state index contributed by atoms with van der Waals surface area (Å²) in [4.78, 5) is 17.8. The van der Waals surface area contributed by atoms with Crippen LogP contribution in [0.2, 0.25) is 0 Å². The second-order valence-electron chi connectivity index (χ2n) is 6.48. The van der Waals surface area contributed by atoms with Gasteiger partial charge in [-0.3, -0.25) is 4.79 Å². The summed E-state index contributed by atoms with van der Waals surface area (Å²) in [5, 5.41) is 0. The lowest BCUT2D eigenvalue weighted by Gasteiger charge is -2.32. The monoisotopic (exact) mass is 398 g/mol. The van der Waals surface area contributed by atoms with Crippen molar-refractivity contribution in [1.29, 1.82) is 0 Å². The predicted molar refractivity (Wildman–Crippen MR) is 118 cm³/mol. The van der Waals surface area contributed by atoms with Crippen molar-refractivity contribution in [2.45, 2.75) is 47.0 Å². The van der Waals surface area contributed by atoms with Crippen molar-refractivity contribution in [2.24, 2.45) is 5.92 Å². The van der Waals surface area contributed by atoms with E-state index in [1.165, 1.54) is 17.3 Å². The third-order valence-electron chi connectivity index (χ3n) is 4.80. The molecule has 0 amide bonds. The molecule has 3 heterocycles. The van der Waals surface area contributed by atoms with Gasteiger partial charge in [0.2, 0.25) is 0 Å². The van der Waals surface area contributed by atoms with Gasteiger partial charge in [0, 0.05) is 25.2 Å². The molecule has 0 N–H and O–H groups in total. The second kappa shape index (κ2) is 11.5. The number of rotatable bonds is 3. The summed E-state index contributed by atoms with van der Waals surface area (Å²) in [6.07, 6.45) is 4.77. The Kier molecular flexibility index (Phi) is 9.01. The predicted octanol–water partition coefficient (Wildman–Crippen LogP) is 5.17. The van der Waals surface area contributed by atoms with Crippen molar-refractivity contribution < 1.29 is 4.79 Å². The van der Waals surface area contributed by atoms with Crippen LogP contribution in [-0.4, -0.2) is 32.6 Å². The number of benzene rings is 1. The first kappa shape index (κ1) is 22.0. The molecule has 0 spiro atoms. The first-order chi connectivity index (χ1) is 13.7. The van der Waals surface area contributed by atoms with Gasteiger partial charge in [-0.25, -0.2) is 4.98 Å². The molecule has 1 aliphatic rings. The molecule has 1 fully saturated rings. The van der Waals surface area contributed by atoms with Crippen molar-refractivity contribution in [1.82, 2.24) is 13.7 Å². The summed E-state index contributed by atoms with van der Waals surface area (Å²) in [7, 11) is 0. The molecule has 0 bridgehead atoms. The van der Waals surface area contributed by atoms with Crippen molar-refractivity contribution in [3.05, 3.63) is 48.2 Å². The summed E-state index contributed by atoms with van der Waals surface area (Å²) >= 11 is 1.19. The number of aryl methyl sites for hydroxylation is 1. The highest BCUT2D eigenvalue weighted by atomic mass is 32.1. The average Bonchev–Trinajstić information content (AvgIpc) is 3.25. The number of ketones is 1. The van der Waals surface area contributed by atoms with Gasteiger partial charge in [0.1, 0.15) is 11.3 Å². The van der Waals surface area contributed by atoms with E-state index in [1.54, 1.807) is 13.1 Å². The summed E-state index contributed by atoms with van der Waals surface area (Å²) in [6, 6.07) is 12.4. The van der Waals surface area contributed by atoms with E-state index in [0.717, 1.165) is 43.6 Å². The van der Waals surface area contributed by atoms with Crippen LogP contribution in [0.4, 0.5) is 5.69 Å². The van der Waals surface area contributed by atoms with Crippen molar-refractivity contribution in [3.63, 3.8) is 0 Å². The molecule has 6 heteroatoms.